The highest BCUT2D eigenvalue weighted by Crippen LogP contribution is 2.20. The second-order valence-electron chi connectivity index (χ2n) is 9.27. The van der Waals surface area contributed by atoms with Crippen LogP contribution in [0.25, 0.3) is 6.08 Å². The van der Waals surface area contributed by atoms with Crippen LogP contribution in [0.15, 0.2) is 109 Å². The predicted molar refractivity (Wildman–Crippen MR) is 164 cm³/mol. The molecular weight excluding hydrogens is 541 g/mol. The zero-order chi connectivity index (χ0) is 28.3. The van der Waals surface area contributed by atoms with E-state index in [9.17, 15) is 9.59 Å². The number of carbonyl (C=O) groups is 2. The molecular formula is C33H31Cl2N3O2. The average Bonchev–Trinajstić information content (AvgIpc) is 2.98. The second kappa shape index (κ2) is 14.4. The summed E-state index contributed by atoms with van der Waals surface area (Å²) in [4.78, 5) is 28.7. The number of halogens is 2. The van der Waals surface area contributed by atoms with Gasteiger partial charge in [0.1, 0.15) is 5.57 Å². The van der Waals surface area contributed by atoms with Crippen LogP contribution in [0.3, 0.4) is 0 Å². The van der Waals surface area contributed by atoms with E-state index < -0.39 is 11.8 Å². The van der Waals surface area contributed by atoms with Gasteiger partial charge in [-0.3, -0.25) is 9.59 Å². The number of nitrogens with zero attached hydrogens (tertiary/aromatic N) is 1. The van der Waals surface area contributed by atoms with Crippen LogP contribution >= 0.6 is 23.2 Å². The van der Waals surface area contributed by atoms with Crippen molar-refractivity contribution in [1.29, 1.82) is 0 Å². The van der Waals surface area contributed by atoms with E-state index in [0.29, 0.717) is 10.0 Å². The van der Waals surface area contributed by atoms with Crippen molar-refractivity contribution in [3.05, 3.63) is 141 Å². The van der Waals surface area contributed by atoms with Crippen LogP contribution in [-0.2, 0) is 29.2 Å². The quantitative estimate of drug-likeness (QED) is 0.115. The van der Waals surface area contributed by atoms with Crippen LogP contribution < -0.4 is 15.5 Å². The fourth-order valence-electron chi connectivity index (χ4n) is 4.13. The van der Waals surface area contributed by atoms with Crippen LogP contribution in [0.5, 0.6) is 0 Å². The van der Waals surface area contributed by atoms with Crippen molar-refractivity contribution < 1.29 is 9.59 Å². The smallest absolute Gasteiger partial charge is 0.257 e. The average molecular weight is 573 g/mol. The third kappa shape index (κ3) is 8.47. The van der Waals surface area contributed by atoms with Gasteiger partial charge in [0, 0.05) is 41.9 Å². The van der Waals surface area contributed by atoms with Gasteiger partial charge in [-0.25, -0.2) is 0 Å². The van der Waals surface area contributed by atoms with Gasteiger partial charge in [-0.05, 0) is 71.7 Å². The van der Waals surface area contributed by atoms with Crippen molar-refractivity contribution in [1.82, 2.24) is 10.6 Å². The number of nitrogens with one attached hydrogen (secondary N) is 2. The lowest BCUT2D eigenvalue weighted by Crippen LogP contribution is -2.34. The van der Waals surface area contributed by atoms with Crippen LogP contribution in [0.4, 0.5) is 5.69 Å². The molecule has 0 radical (unpaired) electrons. The number of carbonyl (C=O) groups excluding carboxylic acids is 2. The zero-order valence-electron chi connectivity index (χ0n) is 22.2. The van der Waals surface area contributed by atoms with Crippen LogP contribution in [-0.4, -0.2) is 18.4 Å². The Morgan fingerprint density at radius 2 is 1.18 bits per heavy atom. The van der Waals surface area contributed by atoms with Gasteiger partial charge in [-0.15, -0.1) is 0 Å². The number of benzene rings is 4. The Balaban J connectivity index is 1.51. The van der Waals surface area contributed by atoms with Crippen molar-refractivity contribution in [3.63, 3.8) is 0 Å². The van der Waals surface area contributed by atoms with Crippen molar-refractivity contribution in [3.8, 4) is 0 Å². The maximum absolute atomic E-state index is 13.2. The summed E-state index contributed by atoms with van der Waals surface area (Å²) in [6.45, 7) is 4.28. The zero-order valence-corrected chi connectivity index (χ0v) is 23.8. The topological polar surface area (TPSA) is 61.4 Å². The maximum Gasteiger partial charge on any atom is 0.257 e. The Bertz CT molecular complexity index is 1370. The first-order chi connectivity index (χ1) is 19.4. The van der Waals surface area contributed by atoms with Gasteiger partial charge in [-0.2, -0.15) is 0 Å². The molecule has 0 bridgehead atoms. The molecule has 2 N–H and O–H groups in total. The van der Waals surface area contributed by atoms with E-state index >= 15 is 0 Å². The summed E-state index contributed by atoms with van der Waals surface area (Å²) in [5, 5.41) is 6.94. The van der Waals surface area contributed by atoms with E-state index in [1.165, 1.54) is 5.56 Å². The summed E-state index contributed by atoms with van der Waals surface area (Å²) in [5.41, 5.74) is 4.81. The van der Waals surface area contributed by atoms with Crippen molar-refractivity contribution in [2.75, 3.05) is 11.4 Å². The number of amides is 2. The van der Waals surface area contributed by atoms with E-state index in [1.54, 1.807) is 30.3 Å². The molecule has 4 aromatic rings. The molecule has 5 nitrogen and oxygen atoms in total. The summed E-state index contributed by atoms with van der Waals surface area (Å²) in [6.07, 6.45) is 1.62. The molecule has 40 heavy (non-hydrogen) atoms. The molecule has 4 aromatic carbocycles. The highest BCUT2D eigenvalue weighted by Gasteiger charge is 2.18. The molecule has 0 aromatic heterocycles. The molecule has 4 rings (SSSR count). The first kappa shape index (κ1) is 28.9. The molecule has 0 aliphatic rings. The Kier molecular flexibility index (Phi) is 10.4. The summed E-state index contributed by atoms with van der Waals surface area (Å²) in [5.74, 6) is -0.932. The first-order valence-corrected chi connectivity index (χ1v) is 13.8. The summed E-state index contributed by atoms with van der Waals surface area (Å²) < 4.78 is 0. The van der Waals surface area contributed by atoms with Gasteiger partial charge in [-0.1, -0.05) is 89.9 Å². The van der Waals surface area contributed by atoms with E-state index in [1.807, 2.05) is 66.7 Å². The van der Waals surface area contributed by atoms with Crippen LogP contribution in [0.2, 0.25) is 10.0 Å². The standard InChI is InChI=1S/C33H31Cl2N3O2/c1-2-38(23-27-6-4-3-5-7-27)30-18-12-24(13-19-30)20-31(32(39)36-21-25-8-14-28(34)15-9-25)33(40)37-22-26-10-16-29(35)17-11-26/h3-20H,2,21-23H2,1H3,(H,36,39)(H,37,40). The Labute approximate surface area is 245 Å². The number of hydrogen-bond donors (Lipinski definition) is 2. The van der Waals surface area contributed by atoms with Crippen LogP contribution in [0, 0.1) is 0 Å². The Morgan fingerprint density at radius 3 is 1.65 bits per heavy atom. The fourth-order valence-corrected chi connectivity index (χ4v) is 4.38. The minimum absolute atomic E-state index is 0.0207. The SMILES string of the molecule is CCN(Cc1ccccc1)c1ccc(C=C(C(=O)NCc2ccc(Cl)cc2)C(=O)NCc2ccc(Cl)cc2)cc1. The summed E-state index contributed by atoms with van der Waals surface area (Å²) in [6, 6.07) is 32.5. The molecule has 0 heterocycles. The predicted octanol–water partition coefficient (Wildman–Crippen LogP) is 7.04. The number of hydrogen-bond acceptors (Lipinski definition) is 3. The fraction of sp³-hybridized carbons (Fsp3) is 0.152. The van der Waals surface area contributed by atoms with Gasteiger partial charge in [0.05, 0.1) is 0 Å². The van der Waals surface area contributed by atoms with Crippen molar-refractivity contribution >= 4 is 46.8 Å². The van der Waals surface area contributed by atoms with Crippen molar-refractivity contribution in [2.24, 2.45) is 0 Å². The lowest BCUT2D eigenvalue weighted by molar-refractivity contribution is -0.123. The Hall–Kier alpha value is -4.06. The Morgan fingerprint density at radius 1 is 0.675 bits per heavy atom. The lowest BCUT2D eigenvalue weighted by Gasteiger charge is -2.23. The molecule has 2 amide bonds. The minimum Gasteiger partial charge on any atom is -0.367 e. The summed E-state index contributed by atoms with van der Waals surface area (Å²) >= 11 is 11.9. The molecule has 0 saturated carbocycles. The third-order valence-electron chi connectivity index (χ3n) is 6.39. The van der Waals surface area contributed by atoms with E-state index in [2.05, 4.69) is 34.6 Å². The minimum atomic E-state index is -0.466. The highest BCUT2D eigenvalue weighted by atomic mass is 35.5. The monoisotopic (exact) mass is 571 g/mol. The summed E-state index contributed by atoms with van der Waals surface area (Å²) in [7, 11) is 0. The largest absolute Gasteiger partial charge is 0.367 e. The molecule has 0 fully saturated rings. The molecule has 0 saturated heterocycles. The van der Waals surface area contributed by atoms with Gasteiger partial charge < -0.3 is 15.5 Å². The van der Waals surface area contributed by atoms with E-state index in [4.69, 9.17) is 23.2 Å². The van der Waals surface area contributed by atoms with Gasteiger partial charge in [0.2, 0.25) is 0 Å². The maximum atomic E-state index is 13.2. The molecule has 0 aliphatic carbocycles. The number of rotatable bonds is 11. The molecule has 0 atom stereocenters. The van der Waals surface area contributed by atoms with Gasteiger partial charge in [0.25, 0.3) is 11.8 Å². The first-order valence-electron chi connectivity index (χ1n) is 13.1. The van der Waals surface area contributed by atoms with Gasteiger partial charge in [0.15, 0.2) is 0 Å². The molecule has 204 valence electrons. The van der Waals surface area contributed by atoms with E-state index in [-0.39, 0.29) is 18.7 Å². The second-order valence-corrected chi connectivity index (χ2v) is 10.1. The van der Waals surface area contributed by atoms with E-state index in [0.717, 1.165) is 35.5 Å². The molecule has 7 heteroatoms. The van der Waals surface area contributed by atoms with Crippen LogP contribution in [0.1, 0.15) is 29.2 Å². The lowest BCUT2D eigenvalue weighted by atomic mass is 10.1. The van der Waals surface area contributed by atoms with Crippen molar-refractivity contribution in [2.45, 2.75) is 26.6 Å². The number of anilines is 1. The highest BCUT2D eigenvalue weighted by molar-refractivity contribution is 6.30. The molecule has 0 spiro atoms. The van der Waals surface area contributed by atoms with Gasteiger partial charge >= 0.3 is 0 Å². The molecule has 0 unspecified atom stereocenters. The molecule has 0 aliphatic heterocycles. The third-order valence-corrected chi connectivity index (χ3v) is 6.89. The normalized spacial score (nSPS) is 10.5.